The van der Waals surface area contributed by atoms with Crippen LogP contribution >= 0.6 is 22.7 Å². The van der Waals surface area contributed by atoms with Crippen LogP contribution in [0.3, 0.4) is 0 Å². The summed E-state index contributed by atoms with van der Waals surface area (Å²) >= 11 is 3.17. The number of carbonyl (C=O) groups is 1. The Hall–Kier alpha value is -2.57. The summed E-state index contributed by atoms with van der Waals surface area (Å²) in [5.74, 6) is 0.0507. The number of thiazole rings is 1. The van der Waals surface area contributed by atoms with Crippen LogP contribution < -0.4 is 4.90 Å². The number of fused-ring (bicyclic) bond motifs is 1. The van der Waals surface area contributed by atoms with Crippen molar-refractivity contribution in [3.05, 3.63) is 75.7 Å². The topological polar surface area (TPSA) is 46.1 Å². The Labute approximate surface area is 166 Å². The molecule has 6 heteroatoms. The Morgan fingerprint density at radius 2 is 2.07 bits per heavy atom. The van der Waals surface area contributed by atoms with Gasteiger partial charge in [-0.25, -0.2) is 4.98 Å². The van der Waals surface area contributed by atoms with E-state index >= 15 is 0 Å². The predicted octanol–water partition coefficient (Wildman–Crippen LogP) is 5.15. The first-order valence-electron chi connectivity index (χ1n) is 8.69. The standard InChI is InChI=1S/C21H19N3OS2/c1-14-9-15(2)20-18(10-14)27-21(23-20)24(13-16-5-3-7-22-12-16)19(25)11-17-6-4-8-26-17/h3-10,12H,11,13H2,1-2H3. The number of amides is 1. The minimum Gasteiger partial charge on any atom is -0.283 e. The average molecular weight is 394 g/mol. The smallest absolute Gasteiger partial charge is 0.234 e. The lowest BCUT2D eigenvalue weighted by atomic mass is 10.1. The minimum absolute atomic E-state index is 0.0507. The molecular weight excluding hydrogens is 374 g/mol. The Balaban J connectivity index is 1.72. The fourth-order valence-corrected chi connectivity index (χ4v) is 4.92. The van der Waals surface area contributed by atoms with Crippen LogP contribution in [0.1, 0.15) is 21.6 Å². The van der Waals surface area contributed by atoms with Crippen molar-refractivity contribution >= 4 is 43.9 Å². The third-order valence-corrected chi connectivity index (χ3v) is 6.22. The lowest BCUT2D eigenvalue weighted by molar-refractivity contribution is -0.118. The number of aryl methyl sites for hydroxylation is 2. The molecule has 0 radical (unpaired) electrons. The van der Waals surface area contributed by atoms with E-state index in [4.69, 9.17) is 4.98 Å². The first-order chi connectivity index (χ1) is 13.1. The van der Waals surface area contributed by atoms with E-state index in [0.717, 1.165) is 31.4 Å². The molecule has 4 aromatic rings. The molecule has 0 fully saturated rings. The van der Waals surface area contributed by atoms with E-state index in [0.29, 0.717) is 13.0 Å². The maximum Gasteiger partial charge on any atom is 0.234 e. The van der Waals surface area contributed by atoms with Crippen LogP contribution in [0.15, 0.2) is 54.2 Å². The zero-order valence-electron chi connectivity index (χ0n) is 15.2. The van der Waals surface area contributed by atoms with Gasteiger partial charge in [-0.3, -0.25) is 14.7 Å². The van der Waals surface area contributed by atoms with Crippen LogP contribution in [-0.2, 0) is 17.8 Å². The van der Waals surface area contributed by atoms with Crippen LogP contribution in [0.25, 0.3) is 10.2 Å². The minimum atomic E-state index is 0.0507. The van der Waals surface area contributed by atoms with Crippen molar-refractivity contribution < 1.29 is 4.79 Å². The summed E-state index contributed by atoms with van der Waals surface area (Å²) in [6.07, 6.45) is 3.92. The zero-order valence-corrected chi connectivity index (χ0v) is 16.8. The van der Waals surface area contributed by atoms with Gasteiger partial charge in [-0.05, 0) is 54.1 Å². The Bertz CT molecular complexity index is 1070. The molecule has 0 aliphatic heterocycles. The summed E-state index contributed by atoms with van der Waals surface area (Å²) in [6, 6.07) is 12.1. The molecule has 3 heterocycles. The van der Waals surface area contributed by atoms with Crippen molar-refractivity contribution in [2.45, 2.75) is 26.8 Å². The highest BCUT2D eigenvalue weighted by molar-refractivity contribution is 7.22. The molecule has 1 amide bonds. The van der Waals surface area contributed by atoms with Gasteiger partial charge in [0.25, 0.3) is 0 Å². The third-order valence-electron chi connectivity index (χ3n) is 4.32. The fourth-order valence-electron chi connectivity index (χ4n) is 3.07. The van der Waals surface area contributed by atoms with Crippen LogP contribution in [0.4, 0.5) is 5.13 Å². The molecule has 0 spiro atoms. The predicted molar refractivity (Wildman–Crippen MR) is 113 cm³/mol. The highest BCUT2D eigenvalue weighted by Crippen LogP contribution is 2.33. The maximum absolute atomic E-state index is 13.1. The summed E-state index contributed by atoms with van der Waals surface area (Å²) < 4.78 is 1.11. The second-order valence-electron chi connectivity index (χ2n) is 6.52. The van der Waals surface area contributed by atoms with Gasteiger partial charge in [0, 0.05) is 17.3 Å². The normalized spacial score (nSPS) is 11.0. The monoisotopic (exact) mass is 393 g/mol. The maximum atomic E-state index is 13.1. The molecule has 0 saturated carbocycles. The molecule has 0 N–H and O–H groups in total. The van der Waals surface area contributed by atoms with Gasteiger partial charge in [0.1, 0.15) is 0 Å². The molecule has 0 aliphatic rings. The van der Waals surface area contributed by atoms with Crippen molar-refractivity contribution in [2.75, 3.05) is 4.90 Å². The van der Waals surface area contributed by atoms with Crippen molar-refractivity contribution in [1.29, 1.82) is 0 Å². The van der Waals surface area contributed by atoms with Gasteiger partial charge < -0.3 is 0 Å². The Kier molecular flexibility index (Phi) is 5.01. The summed E-state index contributed by atoms with van der Waals surface area (Å²) in [5, 5.41) is 2.74. The largest absolute Gasteiger partial charge is 0.283 e. The lowest BCUT2D eigenvalue weighted by Gasteiger charge is -2.19. The molecule has 27 heavy (non-hydrogen) atoms. The van der Waals surface area contributed by atoms with Crippen LogP contribution in [-0.4, -0.2) is 15.9 Å². The number of hydrogen-bond donors (Lipinski definition) is 0. The number of pyridine rings is 1. The summed E-state index contributed by atoms with van der Waals surface area (Å²) in [7, 11) is 0. The average Bonchev–Trinajstić information content (AvgIpc) is 3.30. The fraction of sp³-hybridized carbons (Fsp3) is 0.190. The molecule has 0 saturated heterocycles. The number of carbonyl (C=O) groups excluding carboxylic acids is 1. The highest BCUT2D eigenvalue weighted by Gasteiger charge is 2.21. The second-order valence-corrected chi connectivity index (χ2v) is 8.56. The molecule has 0 aliphatic carbocycles. The van der Waals surface area contributed by atoms with Gasteiger partial charge >= 0.3 is 0 Å². The van der Waals surface area contributed by atoms with E-state index in [2.05, 4.69) is 31.0 Å². The summed E-state index contributed by atoms with van der Waals surface area (Å²) in [4.78, 5) is 25.0. The molecule has 1 aromatic carbocycles. The number of anilines is 1. The van der Waals surface area contributed by atoms with Gasteiger partial charge in [-0.2, -0.15) is 0 Å². The van der Waals surface area contributed by atoms with Gasteiger partial charge in [-0.15, -0.1) is 11.3 Å². The third kappa shape index (κ3) is 3.91. The molecule has 4 nitrogen and oxygen atoms in total. The van der Waals surface area contributed by atoms with E-state index in [1.54, 1.807) is 40.0 Å². The van der Waals surface area contributed by atoms with Gasteiger partial charge in [0.2, 0.25) is 5.91 Å². The van der Waals surface area contributed by atoms with Gasteiger partial charge in [0.05, 0.1) is 23.2 Å². The van der Waals surface area contributed by atoms with E-state index in [-0.39, 0.29) is 5.91 Å². The number of rotatable bonds is 5. The van der Waals surface area contributed by atoms with Crippen LogP contribution in [0, 0.1) is 13.8 Å². The number of hydrogen-bond acceptors (Lipinski definition) is 5. The molecule has 0 unspecified atom stereocenters. The van der Waals surface area contributed by atoms with E-state index in [1.165, 1.54) is 5.56 Å². The van der Waals surface area contributed by atoms with Crippen molar-refractivity contribution in [1.82, 2.24) is 9.97 Å². The Morgan fingerprint density at radius 1 is 1.19 bits per heavy atom. The summed E-state index contributed by atoms with van der Waals surface area (Å²) in [5.41, 5.74) is 4.31. The van der Waals surface area contributed by atoms with Gasteiger partial charge in [0.15, 0.2) is 5.13 Å². The van der Waals surface area contributed by atoms with Crippen molar-refractivity contribution in [3.8, 4) is 0 Å². The van der Waals surface area contributed by atoms with E-state index in [9.17, 15) is 4.79 Å². The van der Waals surface area contributed by atoms with Crippen molar-refractivity contribution in [3.63, 3.8) is 0 Å². The first-order valence-corrected chi connectivity index (χ1v) is 10.4. The SMILES string of the molecule is Cc1cc(C)c2nc(N(Cc3cccnc3)C(=O)Cc3cccs3)sc2c1. The lowest BCUT2D eigenvalue weighted by Crippen LogP contribution is -2.31. The zero-order chi connectivity index (χ0) is 18.8. The number of thiophene rings is 1. The van der Waals surface area contributed by atoms with E-state index < -0.39 is 0 Å². The van der Waals surface area contributed by atoms with Crippen LogP contribution in [0.2, 0.25) is 0 Å². The molecule has 0 bridgehead atoms. The molecule has 4 rings (SSSR count). The number of nitrogens with zero attached hydrogens (tertiary/aromatic N) is 3. The number of aromatic nitrogens is 2. The second kappa shape index (κ2) is 7.58. The molecule has 3 aromatic heterocycles. The quantitative estimate of drug-likeness (QED) is 0.471. The summed E-state index contributed by atoms with van der Waals surface area (Å²) in [6.45, 7) is 4.62. The molecule has 136 valence electrons. The molecule has 0 atom stereocenters. The Morgan fingerprint density at radius 3 is 2.81 bits per heavy atom. The van der Waals surface area contributed by atoms with Gasteiger partial charge in [-0.1, -0.05) is 29.5 Å². The van der Waals surface area contributed by atoms with Crippen molar-refractivity contribution in [2.24, 2.45) is 0 Å². The van der Waals surface area contributed by atoms with Crippen LogP contribution in [0.5, 0.6) is 0 Å². The van der Waals surface area contributed by atoms with E-state index in [1.807, 2.05) is 29.6 Å². The number of benzene rings is 1. The first kappa shape index (κ1) is 17.8. The highest BCUT2D eigenvalue weighted by atomic mass is 32.1. The molecular formula is C21H19N3OS2.